The summed E-state index contributed by atoms with van der Waals surface area (Å²) >= 11 is 0. The smallest absolute Gasteiger partial charge is 0.233 e. The molecule has 1 heterocycles. The highest BCUT2D eigenvalue weighted by Crippen LogP contribution is 2.38. The molecule has 2 aromatic rings. The topological polar surface area (TPSA) is 66.5 Å². The molecule has 1 saturated carbocycles. The Morgan fingerprint density at radius 3 is 2.31 bits per heavy atom. The number of carbonyl (C=O) groups excluding carboxylic acids is 3. The lowest BCUT2D eigenvalue weighted by Gasteiger charge is -2.19. The fourth-order valence-corrected chi connectivity index (χ4v) is 4.16. The van der Waals surface area contributed by atoms with Gasteiger partial charge in [0, 0.05) is 18.7 Å². The van der Waals surface area contributed by atoms with Crippen LogP contribution in [-0.2, 0) is 14.4 Å². The third-order valence-electron chi connectivity index (χ3n) is 5.53. The minimum Gasteiger partial charge on any atom is -0.326 e. The van der Waals surface area contributed by atoms with Gasteiger partial charge in [0.2, 0.25) is 17.7 Å². The van der Waals surface area contributed by atoms with Gasteiger partial charge in [0.05, 0.1) is 11.8 Å². The van der Waals surface area contributed by atoms with Gasteiger partial charge in [0.15, 0.2) is 0 Å². The number of hydrogen-bond donors (Lipinski definition) is 1. The Morgan fingerprint density at radius 2 is 1.62 bits per heavy atom. The van der Waals surface area contributed by atoms with E-state index in [0.29, 0.717) is 0 Å². The molecule has 134 valence electrons. The van der Waals surface area contributed by atoms with Crippen LogP contribution in [0.25, 0.3) is 10.8 Å². The summed E-state index contributed by atoms with van der Waals surface area (Å²) in [5.74, 6) is -0.660. The van der Waals surface area contributed by atoms with E-state index in [4.69, 9.17) is 0 Å². The first kappa shape index (κ1) is 16.8. The number of benzene rings is 2. The van der Waals surface area contributed by atoms with Crippen molar-refractivity contribution in [3.05, 3.63) is 42.5 Å². The van der Waals surface area contributed by atoms with Crippen molar-refractivity contribution >= 4 is 34.2 Å². The number of likely N-dealkylation sites (tertiary alicyclic amines) is 1. The van der Waals surface area contributed by atoms with Gasteiger partial charge >= 0.3 is 0 Å². The number of anilines is 1. The van der Waals surface area contributed by atoms with E-state index >= 15 is 0 Å². The fourth-order valence-electron chi connectivity index (χ4n) is 4.16. The zero-order chi connectivity index (χ0) is 18.1. The Balaban J connectivity index is 1.37. The number of amides is 3. The Morgan fingerprint density at radius 1 is 0.962 bits per heavy atom. The Kier molecular flexibility index (Phi) is 4.45. The monoisotopic (exact) mass is 350 g/mol. The van der Waals surface area contributed by atoms with E-state index in [1.165, 1.54) is 4.90 Å². The molecule has 0 aromatic heterocycles. The average molecular weight is 350 g/mol. The van der Waals surface area contributed by atoms with Crippen LogP contribution in [0.3, 0.4) is 0 Å². The van der Waals surface area contributed by atoms with Crippen molar-refractivity contribution in [2.75, 3.05) is 11.9 Å². The minimum absolute atomic E-state index is 0.0850. The number of rotatable bonds is 4. The Bertz CT molecular complexity index is 852. The maximum absolute atomic E-state index is 12.4. The fraction of sp³-hybridized carbons (Fsp3) is 0.381. The standard InChI is InChI=1S/C21H22N2O3/c24-19(22-16-10-9-14-5-1-2-6-15(14)13-16)11-12-23-20(25)17-7-3-4-8-18(17)21(23)26/h1-2,5-6,9-10,13,17-18H,3-4,7-8,11-12H2,(H,22,24). The molecule has 2 unspecified atom stereocenters. The quantitative estimate of drug-likeness (QED) is 0.860. The first-order valence-corrected chi connectivity index (χ1v) is 9.27. The molecule has 4 rings (SSSR count). The number of nitrogens with one attached hydrogen (secondary N) is 1. The zero-order valence-corrected chi connectivity index (χ0v) is 14.6. The second-order valence-corrected chi connectivity index (χ2v) is 7.19. The van der Waals surface area contributed by atoms with Crippen molar-refractivity contribution in [1.82, 2.24) is 4.90 Å². The highest BCUT2D eigenvalue weighted by molar-refractivity contribution is 6.05. The van der Waals surface area contributed by atoms with Crippen molar-refractivity contribution in [1.29, 1.82) is 0 Å². The Labute approximate surface area is 152 Å². The lowest BCUT2D eigenvalue weighted by Crippen LogP contribution is -2.34. The SMILES string of the molecule is O=C(CCN1C(=O)C2CCCCC2C1=O)Nc1ccc2ccccc2c1. The lowest BCUT2D eigenvalue weighted by molar-refractivity contribution is -0.140. The zero-order valence-electron chi connectivity index (χ0n) is 14.6. The van der Waals surface area contributed by atoms with Gasteiger partial charge in [0.1, 0.15) is 0 Å². The van der Waals surface area contributed by atoms with E-state index in [2.05, 4.69) is 5.32 Å². The van der Waals surface area contributed by atoms with Crippen LogP contribution >= 0.6 is 0 Å². The molecule has 1 aliphatic carbocycles. The maximum atomic E-state index is 12.4. The molecule has 1 saturated heterocycles. The first-order chi connectivity index (χ1) is 12.6. The van der Waals surface area contributed by atoms with Crippen LogP contribution in [0.4, 0.5) is 5.69 Å². The third-order valence-corrected chi connectivity index (χ3v) is 5.53. The number of imide groups is 1. The molecule has 5 nitrogen and oxygen atoms in total. The lowest BCUT2D eigenvalue weighted by atomic mass is 9.81. The van der Waals surface area contributed by atoms with Crippen molar-refractivity contribution < 1.29 is 14.4 Å². The van der Waals surface area contributed by atoms with Crippen molar-refractivity contribution in [3.63, 3.8) is 0 Å². The van der Waals surface area contributed by atoms with Gasteiger partial charge in [-0.25, -0.2) is 0 Å². The summed E-state index contributed by atoms with van der Waals surface area (Å²) in [4.78, 5) is 38.5. The van der Waals surface area contributed by atoms with Crippen LogP contribution in [0, 0.1) is 11.8 Å². The summed E-state index contributed by atoms with van der Waals surface area (Å²) in [7, 11) is 0. The molecule has 2 aliphatic rings. The molecule has 1 aliphatic heterocycles. The molecular formula is C21H22N2O3. The van der Waals surface area contributed by atoms with Crippen LogP contribution in [-0.4, -0.2) is 29.2 Å². The molecule has 0 spiro atoms. The van der Waals surface area contributed by atoms with Crippen LogP contribution in [0.1, 0.15) is 32.1 Å². The molecule has 0 bridgehead atoms. The summed E-state index contributed by atoms with van der Waals surface area (Å²) in [5, 5.41) is 5.03. The molecule has 0 radical (unpaired) electrons. The van der Waals surface area contributed by atoms with Gasteiger partial charge in [-0.3, -0.25) is 19.3 Å². The third kappa shape index (κ3) is 3.09. The van der Waals surface area contributed by atoms with E-state index in [1.807, 2.05) is 42.5 Å². The van der Waals surface area contributed by atoms with Gasteiger partial charge in [-0.1, -0.05) is 43.2 Å². The average Bonchev–Trinajstić information content (AvgIpc) is 2.91. The molecule has 3 amide bonds. The molecule has 26 heavy (non-hydrogen) atoms. The number of nitrogens with zero attached hydrogens (tertiary/aromatic N) is 1. The summed E-state index contributed by atoms with van der Waals surface area (Å²) < 4.78 is 0. The van der Waals surface area contributed by atoms with Gasteiger partial charge in [-0.15, -0.1) is 0 Å². The summed E-state index contributed by atoms with van der Waals surface area (Å²) in [5.41, 5.74) is 0.724. The Hall–Kier alpha value is -2.69. The summed E-state index contributed by atoms with van der Waals surface area (Å²) in [6.07, 6.45) is 3.75. The van der Waals surface area contributed by atoms with E-state index in [0.717, 1.165) is 42.1 Å². The molecule has 2 aromatic carbocycles. The minimum atomic E-state index is -0.184. The summed E-state index contributed by atoms with van der Waals surface area (Å²) in [6.45, 7) is 0.171. The number of hydrogen-bond acceptors (Lipinski definition) is 3. The normalized spacial score (nSPS) is 22.5. The molecular weight excluding hydrogens is 328 g/mol. The van der Waals surface area contributed by atoms with Crippen molar-refractivity contribution in [2.24, 2.45) is 11.8 Å². The molecule has 5 heteroatoms. The van der Waals surface area contributed by atoms with E-state index in [1.54, 1.807) is 0 Å². The number of carbonyl (C=O) groups is 3. The van der Waals surface area contributed by atoms with Gasteiger partial charge in [-0.05, 0) is 35.7 Å². The van der Waals surface area contributed by atoms with Gasteiger partial charge < -0.3 is 5.32 Å². The van der Waals surface area contributed by atoms with Crippen LogP contribution < -0.4 is 5.32 Å². The molecule has 2 fully saturated rings. The predicted molar refractivity (Wildman–Crippen MR) is 99.4 cm³/mol. The first-order valence-electron chi connectivity index (χ1n) is 9.27. The maximum Gasteiger partial charge on any atom is 0.233 e. The number of fused-ring (bicyclic) bond motifs is 2. The van der Waals surface area contributed by atoms with Gasteiger partial charge in [-0.2, -0.15) is 0 Å². The van der Waals surface area contributed by atoms with E-state index in [9.17, 15) is 14.4 Å². The second kappa shape index (κ2) is 6.90. The second-order valence-electron chi connectivity index (χ2n) is 7.19. The largest absolute Gasteiger partial charge is 0.326 e. The van der Waals surface area contributed by atoms with Crippen LogP contribution in [0.5, 0.6) is 0 Å². The summed E-state index contributed by atoms with van der Waals surface area (Å²) in [6, 6.07) is 13.7. The van der Waals surface area contributed by atoms with E-state index in [-0.39, 0.29) is 42.5 Å². The predicted octanol–water partition coefficient (Wildman–Crippen LogP) is 3.34. The van der Waals surface area contributed by atoms with Gasteiger partial charge in [0.25, 0.3) is 0 Å². The molecule has 2 atom stereocenters. The highest BCUT2D eigenvalue weighted by Gasteiger charge is 2.47. The highest BCUT2D eigenvalue weighted by atomic mass is 16.2. The van der Waals surface area contributed by atoms with E-state index < -0.39 is 0 Å². The molecule has 1 N–H and O–H groups in total. The van der Waals surface area contributed by atoms with Crippen molar-refractivity contribution in [3.8, 4) is 0 Å². The van der Waals surface area contributed by atoms with Crippen molar-refractivity contribution in [2.45, 2.75) is 32.1 Å². The van der Waals surface area contributed by atoms with Crippen LogP contribution in [0.2, 0.25) is 0 Å². The van der Waals surface area contributed by atoms with Crippen LogP contribution in [0.15, 0.2) is 42.5 Å².